The fourth-order valence-electron chi connectivity index (χ4n) is 3.74. The number of benzene rings is 2. The van der Waals surface area contributed by atoms with E-state index >= 15 is 0 Å². The lowest BCUT2D eigenvalue weighted by molar-refractivity contribution is 0.837. The van der Waals surface area contributed by atoms with Gasteiger partial charge in [0, 0.05) is 10.9 Å². The van der Waals surface area contributed by atoms with E-state index in [0.29, 0.717) is 0 Å². The number of anilines is 1. The van der Waals surface area contributed by atoms with Crippen molar-refractivity contribution in [2.45, 2.75) is 40.0 Å². The molecule has 0 fully saturated rings. The molecule has 3 heteroatoms. The molecule has 0 atom stereocenters. The Kier molecular flexibility index (Phi) is 4.00. The summed E-state index contributed by atoms with van der Waals surface area (Å²) < 4.78 is 0. The SMILES string of the molecule is Cc1cc(C)c2nc(NN=C3CCCc4ccccc43)cc(C)c2c1. The third-order valence-corrected chi connectivity index (χ3v) is 4.95. The molecular formula is C22H23N3. The van der Waals surface area contributed by atoms with Crippen molar-refractivity contribution < 1.29 is 0 Å². The average molecular weight is 329 g/mol. The molecule has 1 aromatic heterocycles. The van der Waals surface area contributed by atoms with Gasteiger partial charge in [-0.05, 0) is 68.9 Å². The van der Waals surface area contributed by atoms with Gasteiger partial charge in [-0.25, -0.2) is 4.98 Å². The second-order valence-corrected chi connectivity index (χ2v) is 6.98. The van der Waals surface area contributed by atoms with Crippen molar-refractivity contribution in [1.82, 2.24) is 4.98 Å². The highest BCUT2D eigenvalue weighted by Gasteiger charge is 2.15. The molecule has 4 rings (SSSR count). The molecule has 1 N–H and O–H groups in total. The highest BCUT2D eigenvalue weighted by atomic mass is 15.3. The monoisotopic (exact) mass is 329 g/mol. The zero-order chi connectivity index (χ0) is 17.4. The first kappa shape index (κ1) is 15.8. The Morgan fingerprint density at radius 3 is 2.68 bits per heavy atom. The normalized spacial score (nSPS) is 15.4. The minimum absolute atomic E-state index is 0.813. The van der Waals surface area contributed by atoms with E-state index in [1.807, 2.05) is 0 Å². The Balaban J connectivity index is 1.70. The third-order valence-electron chi connectivity index (χ3n) is 4.95. The van der Waals surface area contributed by atoms with Gasteiger partial charge in [-0.15, -0.1) is 0 Å². The molecule has 1 aliphatic carbocycles. The van der Waals surface area contributed by atoms with E-state index in [2.05, 4.69) is 68.7 Å². The van der Waals surface area contributed by atoms with Gasteiger partial charge in [-0.3, -0.25) is 5.43 Å². The highest BCUT2D eigenvalue weighted by molar-refractivity contribution is 6.03. The lowest BCUT2D eigenvalue weighted by Crippen LogP contribution is -2.13. The predicted octanol–water partition coefficient (Wildman–Crippen LogP) is 5.31. The molecule has 0 saturated heterocycles. The number of aromatic nitrogens is 1. The lowest BCUT2D eigenvalue weighted by atomic mass is 9.90. The number of hydrazone groups is 1. The quantitative estimate of drug-likeness (QED) is 0.647. The summed E-state index contributed by atoms with van der Waals surface area (Å²) in [6, 6.07) is 15.0. The summed E-state index contributed by atoms with van der Waals surface area (Å²) >= 11 is 0. The number of fused-ring (bicyclic) bond motifs is 2. The first-order valence-corrected chi connectivity index (χ1v) is 8.91. The number of rotatable bonds is 2. The van der Waals surface area contributed by atoms with E-state index in [4.69, 9.17) is 10.1 Å². The molecule has 3 nitrogen and oxygen atoms in total. The molecule has 2 aromatic carbocycles. The van der Waals surface area contributed by atoms with Gasteiger partial charge >= 0.3 is 0 Å². The minimum atomic E-state index is 0.813. The predicted molar refractivity (Wildman–Crippen MR) is 105 cm³/mol. The maximum atomic E-state index is 4.80. The molecule has 0 saturated carbocycles. The Morgan fingerprint density at radius 2 is 1.80 bits per heavy atom. The molecular weight excluding hydrogens is 306 g/mol. The molecule has 0 spiro atoms. The van der Waals surface area contributed by atoms with Gasteiger partial charge < -0.3 is 0 Å². The van der Waals surface area contributed by atoms with Crippen molar-refractivity contribution in [2.75, 3.05) is 5.43 Å². The zero-order valence-electron chi connectivity index (χ0n) is 15.1. The van der Waals surface area contributed by atoms with Crippen LogP contribution < -0.4 is 5.43 Å². The van der Waals surface area contributed by atoms with E-state index in [1.165, 1.54) is 33.2 Å². The number of pyridine rings is 1. The van der Waals surface area contributed by atoms with Crippen LogP contribution in [0.3, 0.4) is 0 Å². The van der Waals surface area contributed by atoms with Crippen LogP contribution in [0.2, 0.25) is 0 Å². The van der Waals surface area contributed by atoms with Crippen LogP contribution in [0.5, 0.6) is 0 Å². The number of nitrogens with one attached hydrogen (secondary N) is 1. The largest absolute Gasteiger partial charge is 0.261 e. The third kappa shape index (κ3) is 3.02. The van der Waals surface area contributed by atoms with Gasteiger partial charge in [0.25, 0.3) is 0 Å². The van der Waals surface area contributed by atoms with E-state index in [0.717, 1.165) is 36.3 Å². The standard InChI is InChI=1S/C22H23N3/c1-14-11-16(3)22-19(12-14)15(2)13-21(23-22)25-24-20-10-6-8-17-7-4-5-9-18(17)20/h4-5,7,9,11-13H,6,8,10H2,1-3H3,(H,23,25). The van der Waals surface area contributed by atoms with Gasteiger partial charge in [0.05, 0.1) is 11.2 Å². The molecule has 3 aromatic rings. The van der Waals surface area contributed by atoms with Gasteiger partial charge in [-0.2, -0.15) is 5.10 Å². The van der Waals surface area contributed by atoms with Gasteiger partial charge in [0.15, 0.2) is 0 Å². The van der Waals surface area contributed by atoms with Crippen LogP contribution in [-0.4, -0.2) is 10.7 Å². The van der Waals surface area contributed by atoms with Crippen molar-refractivity contribution in [3.05, 3.63) is 70.3 Å². The molecule has 0 bridgehead atoms. The van der Waals surface area contributed by atoms with Crippen LogP contribution >= 0.6 is 0 Å². The van der Waals surface area contributed by atoms with Crippen LogP contribution in [0.25, 0.3) is 10.9 Å². The molecule has 1 heterocycles. The molecule has 0 unspecified atom stereocenters. The number of aryl methyl sites for hydroxylation is 4. The Bertz CT molecular complexity index is 986. The lowest BCUT2D eigenvalue weighted by Gasteiger charge is -2.17. The molecule has 0 amide bonds. The summed E-state index contributed by atoms with van der Waals surface area (Å²) in [5.74, 6) is 0.813. The molecule has 0 radical (unpaired) electrons. The fourth-order valence-corrected chi connectivity index (χ4v) is 3.74. The van der Waals surface area contributed by atoms with Crippen LogP contribution in [0.4, 0.5) is 5.82 Å². The van der Waals surface area contributed by atoms with Gasteiger partial charge in [-0.1, -0.05) is 35.9 Å². The van der Waals surface area contributed by atoms with Crippen LogP contribution in [-0.2, 0) is 6.42 Å². The number of hydrogen-bond acceptors (Lipinski definition) is 3. The molecule has 25 heavy (non-hydrogen) atoms. The summed E-state index contributed by atoms with van der Waals surface area (Å²) in [4.78, 5) is 4.80. The summed E-state index contributed by atoms with van der Waals surface area (Å²) in [7, 11) is 0. The Morgan fingerprint density at radius 1 is 0.960 bits per heavy atom. The van der Waals surface area contributed by atoms with Gasteiger partial charge in [0.2, 0.25) is 0 Å². The van der Waals surface area contributed by atoms with Crippen molar-refractivity contribution in [3.8, 4) is 0 Å². The van der Waals surface area contributed by atoms with Crippen LogP contribution in [0.1, 0.15) is 40.7 Å². The summed E-state index contributed by atoms with van der Waals surface area (Å²) in [6.45, 7) is 6.39. The van der Waals surface area contributed by atoms with Crippen molar-refractivity contribution in [2.24, 2.45) is 5.10 Å². The molecule has 1 aliphatic rings. The van der Waals surface area contributed by atoms with Crippen LogP contribution in [0, 0.1) is 20.8 Å². The first-order valence-electron chi connectivity index (χ1n) is 8.91. The molecule has 126 valence electrons. The van der Waals surface area contributed by atoms with E-state index in [-0.39, 0.29) is 0 Å². The average Bonchev–Trinajstić information content (AvgIpc) is 2.61. The second-order valence-electron chi connectivity index (χ2n) is 6.98. The topological polar surface area (TPSA) is 37.3 Å². The smallest absolute Gasteiger partial charge is 0.147 e. The van der Waals surface area contributed by atoms with Crippen LogP contribution in [0.15, 0.2) is 47.6 Å². The van der Waals surface area contributed by atoms with Crippen molar-refractivity contribution in [1.29, 1.82) is 0 Å². The number of hydrogen-bond donors (Lipinski definition) is 1. The highest BCUT2D eigenvalue weighted by Crippen LogP contribution is 2.25. The Labute approximate surface area is 148 Å². The van der Waals surface area contributed by atoms with Gasteiger partial charge in [0.1, 0.15) is 5.82 Å². The van der Waals surface area contributed by atoms with E-state index in [1.54, 1.807) is 0 Å². The first-order chi connectivity index (χ1) is 12.1. The number of nitrogens with zero attached hydrogens (tertiary/aromatic N) is 2. The summed E-state index contributed by atoms with van der Waals surface area (Å²) in [6.07, 6.45) is 3.30. The molecule has 0 aliphatic heterocycles. The van der Waals surface area contributed by atoms with Crippen molar-refractivity contribution in [3.63, 3.8) is 0 Å². The summed E-state index contributed by atoms with van der Waals surface area (Å²) in [5.41, 5.74) is 11.8. The maximum absolute atomic E-state index is 4.80. The Hall–Kier alpha value is -2.68. The van der Waals surface area contributed by atoms with E-state index in [9.17, 15) is 0 Å². The van der Waals surface area contributed by atoms with Crippen molar-refractivity contribution >= 4 is 22.4 Å². The minimum Gasteiger partial charge on any atom is -0.261 e. The summed E-state index contributed by atoms with van der Waals surface area (Å²) in [5, 5.41) is 5.92. The zero-order valence-corrected chi connectivity index (χ0v) is 15.1. The maximum Gasteiger partial charge on any atom is 0.147 e. The second kappa shape index (κ2) is 6.32. The fraction of sp³-hybridized carbons (Fsp3) is 0.273. The van der Waals surface area contributed by atoms with E-state index < -0.39 is 0 Å².